The van der Waals surface area contributed by atoms with Crippen LogP contribution in [0, 0.1) is 0 Å². The van der Waals surface area contributed by atoms with Gasteiger partial charge in [0.05, 0.1) is 19.0 Å². The first-order valence-corrected chi connectivity index (χ1v) is 8.35. The van der Waals surface area contributed by atoms with Crippen molar-refractivity contribution in [1.29, 1.82) is 0 Å². The lowest BCUT2D eigenvalue weighted by atomic mass is 10.2. The highest BCUT2D eigenvalue weighted by Crippen LogP contribution is 2.04. The van der Waals surface area contributed by atoms with Gasteiger partial charge in [-0.05, 0) is 17.7 Å². The van der Waals surface area contributed by atoms with E-state index in [1.807, 2.05) is 41.2 Å². The van der Waals surface area contributed by atoms with Crippen LogP contribution in [0.15, 0.2) is 70.5 Å². The van der Waals surface area contributed by atoms with Crippen LogP contribution in [0.2, 0.25) is 0 Å². The predicted molar refractivity (Wildman–Crippen MR) is 98.4 cm³/mol. The number of hydrogen-bond acceptors (Lipinski definition) is 3. The third-order valence-corrected chi connectivity index (χ3v) is 3.80. The van der Waals surface area contributed by atoms with Gasteiger partial charge >= 0.3 is 0 Å². The van der Waals surface area contributed by atoms with Gasteiger partial charge in [0.1, 0.15) is 5.76 Å². The summed E-state index contributed by atoms with van der Waals surface area (Å²) in [6, 6.07) is 14.2. The highest BCUT2D eigenvalue weighted by atomic mass is 16.3. The van der Waals surface area contributed by atoms with Crippen molar-refractivity contribution in [2.24, 2.45) is 4.99 Å². The Labute approximate surface area is 147 Å². The summed E-state index contributed by atoms with van der Waals surface area (Å²) >= 11 is 0. The van der Waals surface area contributed by atoms with Crippen molar-refractivity contribution in [2.45, 2.75) is 19.5 Å². The summed E-state index contributed by atoms with van der Waals surface area (Å²) in [6.45, 7) is 2.21. The second kappa shape index (κ2) is 8.73. The largest absolute Gasteiger partial charge is 0.469 e. The number of nitrogens with zero attached hydrogens (tertiary/aromatic N) is 3. The molecular weight excluding hydrogens is 314 g/mol. The topological polar surface area (TPSA) is 67.4 Å². The molecule has 0 saturated carbocycles. The maximum Gasteiger partial charge on any atom is 0.191 e. The van der Waals surface area contributed by atoms with Crippen molar-refractivity contribution in [3.63, 3.8) is 0 Å². The summed E-state index contributed by atoms with van der Waals surface area (Å²) in [4.78, 5) is 4.23. The molecule has 0 unspecified atom stereocenters. The average molecular weight is 337 g/mol. The van der Waals surface area contributed by atoms with Crippen LogP contribution in [0.3, 0.4) is 0 Å². The van der Waals surface area contributed by atoms with Crippen LogP contribution in [0.5, 0.6) is 0 Å². The third kappa shape index (κ3) is 5.24. The zero-order valence-electron chi connectivity index (χ0n) is 14.4. The van der Waals surface area contributed by atoms with Gasteiger partial charge in [0, 0.05) is 38.3 Å². The lowest BCUT2D eigenvalue weighted by Crippen LogP contribution is -2.37. The Morgan fingerprint density at radius 1 is 1.12 bits per heavy atom. The summed E-state index contributed by atoms with van der Waals surface area (Å²) in [6.07, 6.45) is 6.44. The minimum absolute atomic E-state index is 0.676. The molecule has 3 rings (SSSR count). The molecule has 2 heterocycles. The minimum Gasteiger partial charge on any atom is -0.469 e. The number of guanidine groups is 1. The van der Waals surface area contributed by atoms with Gasteiger partial charge in [0.2, 0.25) is 0 Å². The van der Waals surface area contributed by atoms with Gasteiger partial charge in [-0.25, -0.2) is 0 Å². The smallest absolute Gasteiger partial charge is 0.191 e. The first kappa shape index (κ1) is 16.8. The van der Waals surface area contributed by atoms with Gasteiger partial charge < -0.3 is 15.1 Å². The lowest BCUT2D eigenvalue weighted by molar-refractivity contribution is 0.507. The Balaban J connectivity index is 1.44. The molecule has 0 saturated heterocycles. The number of aromatic nitrogens is 2. The van der Waals surface area contributed by atoms with Crippen LogP contribution in [0.1, 0.15) is 16.9 Å². The van der Waals surface area contributed by atoms with Crippen molar-refractivity contribution in [3.8, 4) is 0 Å². The monoisotopic (exact) mass is 337 g/mol. The highest BCUT2D eigenvalue weighted by molar-refractivity contribution is 5.79. The van der Waals surface area contributed by atoms with Crippen molar-refractivity contribution >= 4 is 5.96 Å². The number of hydrogen-bond donors (Lipinski definition) is 2. The van der Waals surface area contributed by atoms with E-state index in [0.29, 0.717) is 6.54 Å². The quantitative estimate of drug-likeness (QED) is 0.513. The molecule has 1 aromatic carbocycles. The molecule has 6 nitrogen and oxygen atoms in total. The van der Waals surface area contributed by atoms with E-state index < -0.39 is 0 Å². The fraction of sp³-hybridized carbons (Fsp3) is 0.263. The maximum atomic E-state index is 5.32. The molecule has 0 amide bonds. The Hall–Kier alpha value is -3.02. The highest BCUT2D eigenvalue weighted by Gasteiger charge is 2.03. The Morgan fingerprint density at radius 2 is 2.00 bits per heavy atom. The van der Waals surface area contributed by atoms with E-state index in [1.54, 1.807) is 13.3 Å². The van der Waals surface area contributed by atoms with Crippen molar-refractivity contribution in [1.82, 2.24) is 20.4 Å². The van der Waals surface area contributed by atoms with E-state index in [-0.39, 0.29) is 0 Å². The number of benzene rings is 1. The van der Waals surface area contributed by atoms with Crippen LogP contribution in [-0.2, 0) is 19.5 Å². The maximum absolute atomic E-state index is 5.32. The molecule has 6 heteroatoms. The van der Waals surface area contributed by atoms with E-state index >= 15 is 0 Å². The molecule has 0 spiro atoms. The average Bonchev–Trinajstić information content (AvgIpc) is 3.31. The summed E-state index contributed by atoms with van der Waals surface area (Å²) in [7, 11) is 1.76. The second-order valence-electron chi connectivity index (χ2n) is 5.71. The molecule has 25 heavy (non-hydrogen) atoms. The summed E-state index contributed by atoms with van der Waals surface area (Å²) in [5, 5.41) is 11.0. The van der Waals surface area contributed by atoms with Crippen LogP contribution in [0.4, 0.5) is 0 Å². The van der Waals surface area contributed by atoms with Gasteiger partial charge in [-0.3, -0.25) is 9.67 Å². The Kier molecular flexibility index (Phi) is 5.87. The molecule has 2 N–H and O–H groups in total. The Morgan fingerprint density at radius 3 is 2.76 bits per heavy atom. The second-order valence-corrected chi connectivity index (χ2v) is 5.71. The number of furan rings is 1. The molecule has 0 fully saturated rings. The third-order valence-electron chi connectivity index (χ3n) is 3.80. The fourth-order valence-electron chi connectivity index (χ4n) is 2.52. The van der Waals surface area contributed by atoms with E-state index in [0.717, 1.165) is 36.8 Å². The SMILES string of the molecule is CN=C(NCCc1ccco1)NCc1cnn(Cc2ccccc2)c1. The van der Waals surface area contributed by atoms with Gasteiger partial charge in [-0.2, -0.15) is 5.10 Å². The van der Waals surface area contributed by atoms with Crippen LogP contribution in [-0.4, -0.2) is 29.3 Å². The van der Waals surface area contributed by atoms with Gasteiger partial charge in [0.15, 0.2) is 5.96 Å². The van der Waals surface area contributed by atoms with Gasteiger partial charge in [-0.1, -0.05) is 30.3 Å². The lowest BCUT2D eigenvalue weighted by Gasteiger charge is -2.10. The van der Waals surface area contributed by atoms with Crippen molar-refractivity contribution < 1.29 is 4.42 Å². The van der Waals surface area contributed by atoms with E-state index in [9.17, 15) is 0 Å². The normalized spacial score (nSPS) is 11.5. The number of rotatable bonds is 7. The summed E-state index contributed by atoms with van der Waals surface area (Å²) in [5.41, 5.74) is 2.35. The molecule has 0 radical (unpaired) electrons. The first-order chi connectivity index (χ1) is 12.3. The van der Waals surface area contributed by atoms with Crippen LogP contribution >= 0.6 is 0 Å². The van der Waals surface area contributed by atoms with Crippen molar-refractivity contribution in [2.75, 3.05) is 13.6 Å². The number of aliphatic imine (C=N–C) groups is 1. The molecule has 0 aliphatic rings. The first-order valence-electron chi connectivity index (χ1n) is 8.35. The number of nitrogens with one attached hydrogen (secondary N) is 2. The van der Waals surface area contributed by atoms with E-state index in [1.165, 1.54) is 5.56 Å². The Bertz CT molecular complexity index is 777. The molecule has 0 atom stereocenters. The van der Waals surface area contributed by atoms with E-state index in [4.69, 9.17) is 4.42 Å². The molecule has 3 aromatic rings. The zero-order valence-corrected chi connectivity index (χ0v) is 14.4. The van der Waals surface area contributed by atoms with Crippen LogP contribution in [0.25, 0.3) is 0 Å². The van der Waals surface area contributed by atoms with Crippen molar-refractivity contribution in [3.05, 3.63) is 78.0 Å². The predicted octanol–water partition coefficient (Wildman–Crippen LogP) is 2.43. The van der Waals surface area contributed by atoms with E-state index in [2.05, 4.69) is 39.1 Å². The molecule has 130 valence electrons. The van der Waals surface area contributed by atoms with Gasteiger partial charge in [-0.15, -0.1) is 0 Å². The summed E-state index contributed by atoms with van der Waals surface area (Å²) in [5.74, 6) is 1.73. The minimum atomic E-state index is 0.676. The van der Waals surface area contributed by atoms with Crippen LogP contribution < -0.4 is 10.6 Å². The summed E-state index contributed by atoms with van der Waals surface area (Å²) < 4.78 is 7.26. The molecule has 0 bridgehead atoms. The zero-order chi connectivity index (χ0) is 17.3. The fourth-order valence-corrected chi connectivity index (χ4v) is 2.52. The van der Waals surface area contributed by atoms with Gasteiger partial charge in [0.25, 0.3) is 0 Å². The molecule has 0 aliphatic heterocycles. The molecule has 2 aromatic heterocycles. The standard InChI is InChI=1S/C19H23N5O/c1-20-19(21-10-9-18-8-5-11-25-18)22-12-17-13-23-24(15-17)14-16-6-3-2-4-7-16/h2-8,11,13,15H,9-10,12,14H2,1H3,(H2,20,21,22). The molecule has 0 aliphatic carbocycles. The molecular formula is C19H23N5O.